The second-order valence-corrected chi connectivity index (χ2v) is 5.68. The third-order valence-electron chi connectivity index (χ3n) is 3.20. The van der Waals surface area contributed by atoms with Crippen LogP contribution in [0.1, 0.15) is 38.3 Å². The topological polar surface area (TPSA) is 32.3 Å². The van der Waals surface area contributed by atoms with E-state index < -0.39 is 17.2 Å². The highest BCUT2D eigenvalue weighted by molar-refractivity contribution is 5.29. The molecule has 0 aliphatic carbocycles. The van der Waals surface area contributed by atoms with Crippen molar-refractivity contribution in [3.63, 3.8) is 0 Å². The Morgan fingerprint density at radius 3 is 2.47 bits per heavy atom. The van der Waals surface area contributed by atoms with Crippen molar-refractivity contribution in [3.05, 3.63) is 34.9 Å². The van der Waals surface area contributed by atoms with E-state index in [2.05, 4.69) is 19.2 Å². The first-order valence-corrected chi connectivity index (χ1v) is 6.64. The molecule has 2 N–H and O–H groups in total. The Labute approximate surface area is 113 Å². The van der Waals surface area contributed by atoms with Gasteiger partial charge >= 0.3 is 0 Å². The van der Waals surface area contributed by atoms with Crippen molar-refractivity contribution in [1.29, 1.82) is 0 Å². The van der Waals surface area contributed by atoms with Gasteiger partial charge in [0, 0.05) is 5.56 Å². The van der Waals surface area contributed by atoms with Crippen molar-refractivity contribution in [1.82, 2.24) is 5.32 Å². The first-order valence-electron chi connectivity index (χ1n) is 6.64. The van der Waals surface area contributed by atoms with Crippen molar-refractivity contribution < 1.29 is 13.9 Å². The number of benzene rings is 1. The molecule has 1 aromatic rings. The van der Waals surface area contributed by atoms with Crippen LogP contribution in [0.3, 0.4) is 0 Å². The fourth-order valence-electron chi connectivity index (χ4n) is 1.92. The van der Waals surface area contributed by atoms with E-state index in [-0.39, 0.29) is 11.1 Å². The summed E-state index contributed by atoms with van der Waals surface area (Å²) >= 11 is 0. The predicted octanol–water partition coefficient (Wildman–Crippen LogP) is 3.12. The molecule has 0 aliphatic heterocycles. The van der Waals surface area contributed by atoms with Crippen LogP contribution in [0.25, 0.3) is 0 Å². The Morgan fingerprint density at radius 1 is 1.26 bits per heavy atom. The largest absolute Gasteiger partial charge is 0.385 e. The first kappa shape index (κ1) is 16.1. The van der Waals surface area contributed by atoms with Crippen molar-refractivity contribution >= 4 is 0 Å². The maximum atomic E-state index is 13.8. The molecule has 2 nitrogen and oxygen atoms in total. The molecule has 0 amide bonds. The minimum Gasteiger partial charge on any atom is -0.385 e. The number of hydrogen-bond acceptors (Lipinski definition) is 2. The summed E-state index contributed by atoms with van der Waals surface area (Å²) in [5, 5.41) is 13.5. The Balaban J connectivity index is 2.74. The van der Waals surface area contributed by atoms with Gasteiger partial charge in [0.1, 0.15) is 0 Å². The van der Waals surface area contributed by atoms with E-state index in [0.29, 0.717) is 18.9 Å². The number of halogens is 2. The Bertz CT molecular complexity index is 430. The highest BCUT2D eigenvalue weighted by Crippen LogP contribution is 2.28. The van der Waals surface area contributed by atoms with E-state index in [1.807, 2.05) is 0 Å². The quantitative estimate of drug-likeness (QED) is 0.779. The molecule has 1 unspecified atom stereocenters. The van der Waals surface area contributed by atoms with Gasteiger partial charge in [-0.1, -0.05) is 26.0 Å². The fourth-order valence-corrected chi connectivity index (χ4v) is 1.92. The van der Waals surface area contributed by atoms with Crippen molar-refractivity contribution in [2.24, 2.45) is 5.92 Å². The second-order valence-electron chi connectivity index (χ2n) is 5.68. The van der Waals surface area contributed by atoms with Gasteiger partial charge in [0.25, 0.3) is 0 Å². The predicted molar refractivity (Wildman–Crippen MR) is 73.0 cm³/mol. The van der Waals surface area contributed by atoms with E-state index >= 15 is 0 Å². The molecule has 0 bridgehead atoms. The van der Waals surface area contributed by atoms with Gasteiger partial charge in [-0.2, -0.15) is 0 Å². The Kier molecular flexibility index (Phi) is 5.44. The minimum atomic E-state index is -1.37. The molecule has 0 fully saturated rings. The number of aryl methyl sites for hydroxylation is 1. The van der Waals surface area contributed by atoms with E-state index in [4.69, 9.17) is 0 Å². The standard InChI is InChI=1S/C15H23F2NO/c1-10(2)9-18-8-7-15(4,19)12-6-5-11(3)13(16)14(12)17/h5-6,10,18-19H,7-9H2,1-4H3. The Morgan fingerprint density at radius 2 is 1.89 bits per heavy atom. The SMILES string of the molecule is Cc1ccc(C(C)(O)CCNCC(C)C)c(F)c1F. The summed E-state index contributed by atoms with van der Waals surface area (Å²) in [6, 6.07) is 2.94. The van der Waals surface area contributed by atoms with Crippen LogP contribution in [0.15, 0.2) is 12.1 Å². The van der Waals surface area contributed by atoms with Crippen molar-refractivity contribution in [2.45, 2.75) is 39.7 Å². The summed E-state index contributed by atoms with van der Waals surface area (Å²) in [4.78, 5) is 0. The normalized spacial score (nSPS) is 14.7. The monoisotopic (exact) mass is 271 g/mol. The molecule has 1 aromatic carbocycles. The van der Waals surface area contributed by atoms with Crippen molar-refractivity contribution in [2.75, 3.05) is 13.1 Å². The lowest BCUT2D eigenvalue weighted by atomic mass is 9.91. The zero-order chi connectivity index (χ0) is 14.6. The van der Waals surface area contributed by atoms with Crippen LogP contribution < -0.4 is 5.32 Å². The minimum absolute atomic E-state index is 0.0157. The average molecular weight is 271 g/mol. The van der Waals surface area contributed by atoms with E-state index in [0.717, 1.165) is 6.54 Å². The summed E-state index contributed by atoms with van der Waals surface area (Å²) in [6.45, 7) is 8.57. The molecular formula is C15H23F2NO. The third kappa shape index (κ3) is 4.25. The van der Waals surface area contributed by atoms with E-state index in [1.54, 1.807) is 0 Å². The zero-order valence-corrected chi connectivity index (χ0v) is 12.1. The molecule has 0 radical (unpaired) electrons. The van der Waals surface area contributed by atoms with E-state index in [9.17, 15) is 13.9 Å². The lowest BCUT2D eigenvalue weighted by molar-refractivity contribution is 0.0434. The average Bonchev–Trinajstić information content (AvgIpc) is 2.31. The first-order chi connectivity index (χ1) is 8.75. The summed E-state index contributed by atoms with van der Waals surface area (Å²) < 4.78 is 27.4. The molecule has 1 rings (SSSR count). The van der Waals surface area contributed by atoms with Crippen LogP contribution in [0.5, 0.6) is 0 Å². The number of hydrogen-bond donors (Lipinski definition) is 2. The van der Waals surface area contributed by atoms with Crippen LogP contribution >= 0.6 is 0 Å². The molecule has 0 saturated carbocycles. The van der Waals surface area contributed by atoms with Gasteiger partial charge in [0.2, 0.25) is 0 Å². The lowest BCUT2D eigenvalue weighted by Crippen LogP contribution is -2.30. The second kappa shape index (κ2) is 6.44. The number of rotatable bonds is 6. The Hall–Kier alpha value is -1.00. The van der Waals surface area contributed by atoms with E-state index in [1.165, 1.54) is 26.0 Å². The van der Waals surface area contributed by atoms with Crippen LogP contribution in [0, 0.1) is 24.5 Å². The van der Waals surface area contributed by atoms with Gasteiger partial charge in [0.15, 0.2) is 11.6 Å². The maximum Gasteiger partial charge on any atom is 0.165 e. The van der Waals surface area contributed by atoms with Gasteiger partial charge < -0.3 is 10.4 Å². The molecule has 4 heteroatoms. The summed E-state index contributed by atoms with van der Waals surface area (Å²) in [7, 11) is 0. The van der Waals surface area contributed by atoms with Gasteiger partial charge in [-0.15, -0.1) is 0 Å². The van der Waals surface area contributed by atoms with Crippen molar-refractivity contribution in [3.8, 4) is 0 Å². The van der Waals surface area contributed by atoms with Crippen LogP contribution in [-0.4, -0.2) is 18.2 Å². The highest BCUT2D eigenvalue weighted by Gasteiger charge is 2.28. The molecule has 0 saturated heterocycles. The lowest BCUT2D eigenvalue weighted by Gasteiger charge is -2.25. The molecule has 108 valence electrons. The van der Waals surface area contributed by atoms with Gasteiger partial charge in [-0.3, -0.25) is 0 Å². The molecule has 0 aliphatic rings. The fraction of sp³-hybridized carbons (Fsp3) is 0.600. The molecule has 0 aromatic heterocycles. The molecule has 0 heterocycles. The van der Waals surface area contributed by atoms with Gasteiger partial charge in [-0.25, -0.2) is 8.78 Å². The summed E-state index contributed by atoms with van der Waals surface area (Å²) in [5.74, 6) is -1.32. The third-order valence-corrected chi connectivity index (χ3v) is 3.20. The molecule has 0 spiro atoms. The smallest absolute Gasteiger partial charge is 0.165 e. The van der Waals surface area contributed by atoms with Crippen LogP contribution in [0.4, 0.5) is 8.78 Å². The number of nitrogens with one attached hydrogen (secondary N) is 1. The van der Waals surface area contributed by atoms with Crippen LogP contribution in [-0.2, 0) is 5.60 Å². The van der Waals surface area contributed by atoms with Gasteiger partial charge in [-0.05, 0) is 44.8 Å². The molecular weight excluding hydrogens is 248 g/mol. The molecule has 1 atom stereocenters. The molecule has 19 heavy (non-hydrogen) atoms. The summed E-state index contributed by atoms with van der Waals surface area (Å²) in [5.41, 5.74) is -1.11. The zero-order valence-electron chi connectivity index (χ0n) is 12.1. The van der Waals surface area contributed by atoms with Gasteiger partial charge in [0.05, 0.1) is 5.60 Å². The van der Waals surface area contributed by atoms with Crippen LogP contribution in [0.2, 0.25) is 0 Å². The highest BCUT2D eigenvalue weighted by atomic mass is 19.2. The maximum absolute atomic E-state index is 13.8. The summed E-state index contributed by atoms with van der Waals surface area (Å²) in [6.07, 6.45) is 0.332. The number of aliphatic hydroxyl groups is 1.